The molecule has 1 amide bonds. The SMILES string of the molecule is O=C1Nc2c(c(C3CCN(c4cnc(C5CC5)nc4)CC3)nn2C(c2ccccc2)c2ccccc2)[C@@H](C(F)(F)F)[C@H]1O. The first kappa shape index (κ1) is 27.6. The second-order valence-electron chi connectivity index (χ2n) is 11.6. The van der Waals surface area contributed by atoms with Crippen LogP contribution in [0.5, 0.6) is 0 Å². The van der Waals surface area contributed by atoms with Crippen LogP contribution in [0.2, 0.25) is 0 Å². The minimum atomic E-state index is -4.86. The molecule has 1 aliphatic carbocycles. The number of fused-ring (bicyclic) bond motifs is 1. The van der Waals surface area contributed by atoms with Gasteiger partial charge in [0.25, 0.3) is 5.91 Å². The Morgan fingerprint density at radius 3 is 1.98 bits per heavy atom. The lowest BCUT2D eigenvalue weighted by Gasteiger charge is -2.35. The van der Waals surface area contributed by atoms with Gasteiger partial charge in [-0.15, -0.1) is 0 Å². The molecule has 3 aliphatic rings. The lowest BCUT2D eigenvalue weighted by atomic mass is 9.82. The molecule has 2 N–H and O–H groups in total. The van der Waals surface area contributed by atoms with Crippen molar-refractivity contribution in [2.24, 2.45) is 0 Å². The molecular formula is C32H31F3N6O2. The molecule has 0 spiro atoms. The minimum absolute atomic E-state index is 0.0168. The van der Waals surface area contributed by atoms with Crippen molar-refractivity contribution in [1.82, 2.24) is 19.7 Å². The molecule has 1 saturated carbocycles. The first-order valence-electron chi connectivity index (χ1n) is 14.6. The molecule has 1 saturated heterocycles. The Kier molecular flexibility index (Phi) is 6.92. The third kappa shape index (κ3) is 5.15. The average molecular weight is 589 g/mol. The Morgan fingerprint density at radius 2 is 1.44 bits per heavy atom. The lowest BCUT2D eigenvalue weighted by molar-refractivity contribution is -0.177. The Labute approximate surface area is 246 Å². The fraction of sp³-hybridized carbons (Fsp3) is 0.375. The molecule has 2 aliphatic heterocycles. The van der Waals surface area contributed by atoms with Crippen LogP contribution in [0, 0.1) is 0 Å². The maximum Gasteiger partial charge on any atom is 0.398 e. The molecule has 222 valence electrons. The summed E-state index contributed by atoms with van der Waals surface area (Å²) in [6.07, 6.45) is -0.145. The van der Waals surface area contributed by atoms with Gasteiger partial charge in [0.15, 0.2) is 0 Å². The van der Waals surface area contributed by atoms with E-state index < -0.39 is 30.1 Å². The molecule has 0 unspecified atom stereocenters. The van der Waals surface area contributed by atoms with E-state index >= 15 is 0 Å². The van der Waals surface area contributed by atoms with Gasteiger partial charge in [0, 0.05) is 30.5 Å². The number of aliphatic hydroxyl groups excluding tert-OH is 1. The van der Waals surface area contributed by atoms with E-state index in [-0.39, 0.29) is 23.0 Å². The van der Waals surface area contributed by atoms with Crippen LogP contribution < -0.4 is 10.2 Å². The number of nitrogens with zero attached hydrogens (tertiary/aromatic N) is 5. The van der Waals surface area contributed by atoms with Crippen LogP contribution in [-0.4, -0.2) is 56.1 Å². The van der Waals surface area contributed by atoms with Crippen molar-refractivity contribution in [3.05, 3.63) is 101 Å². The van der Waals surface area contributed by atoms with Gasteiger partial charge in [-0.25, -0.2) is 14.6 Å². The van der Waals surface area contributed by atoms with Gasteiger partial charge in [-0.1, -0.05) is 60.7 Å². The molecule has 0 bridgehead atoms. The number of hydrogen-bond donors (Lipinski definition) is 2. The summed E-state index contributed by atoms with van der Waals surface area (Å²) >= 11 is 0. The van der Waals surface area contributed by atoms with Crippen molar-refractivity contribution < 1.29 is 23.1 Å². The van der Waals surface area contributed by atoms with Gasteiger partial charge < -0.3 is 15.3 Å². The number of halogens is 3. The Bertz CT molecular complexity index is 1560. The summed E-state index contributed by atoms with van der Waals surface area (Å²) in [5, 5.41) is 18.1. The summed E-state index contributed by atoms with van der Waals surface area (Å²) < 4.78 is 45.4. The quantitative estimate of drug-likeness (QED) is 0.308. The molecule has 2 atom stereocenters. The molecule has 4 heterocycles. The van der Waals surface area contributed by atoms with Crippen LogP contribution in [0.3, 0.4) is 0 Å². The number of amides is 1. The predicted molar refractivity (Wildman–Crippen MR) is 154 cm³/mol. The summed E-state index contributed by atoms with van der Waals surface area (Å²) in [6, 6.07) is 18.1. The zero-order chi connectivity index (χ0) is 29.7. The number of anilines is 2. The van der Waals surface area contributed by atoms with Crippen molar-refractivity contribution in [2.45, 2.75) is 61.8 Å². The normalized spacial score (nSPS) is 21.1. The number of aliphatic hydroxyl groups is 1. The highest BCUT2D eigenvalue weighted by Crippen LogP contribution is 2.49. The minimum Gasteiger partial charge on any atom is -0.382 e. The molecule has 43 heavy (non-hydrogen) atoms. The monoisotopic (exact) mass is 588 g/mol. The zero-order valence-electron chi connectivity index (χ0n) is 23.3. The van der Waals surface area contributed by atoms with Gasteiger partial charge >= 0.3 is 6.18 Å². The molecule has 4 aromatic rings. The van der Waals surface area contributed by atoms with Crippen LogP contribution in [-0.2, 0) is 4.79 Å². The number of nitrogens with one attached hydrogen (secondary N) is 1. The summed E-state index contributed by atoms with van der Waals surface area (Å²) in [4.78, 5) is 24.0. The maximum atomic E-state index is 14.6. The number of carbonyl (C=O) groups is 1. The Morgan fingerprint density at radius 1 is 0.860 bits per heavy atom. The van der Waals surface area contributed by atoms with Crippen LogP contribution in [0.4, 0.5) is 24.7 Å². The van der Waals surface area contributed by atoms with Crippen LogP contribution in [0.15, 0.2) is 73.1 Å². The number of hydrogen-bond acceptors (Lipinski definition) is 6. The number of aromatic nitrogens is 4. The van der Waals surface area contributed by atoms with Gasteiger partial charge in [-0.2, -0.15) is 18.3 Å². The Balaban J connectivity index is 1.29. The van der Waals surface area contributed by atoms with Crippen molar-refractivity contribution in [2.75, 3.05) is 23.3 Å². The van der Waals surface area contributed by atoms with E-state index in [0.29, 0.717) is 31.8 Å². The lowest BCUT2D eigenvalue weighted by Crippen LogP contribution is -2.45. The standard InChI is InChI=1S/C32H31F3N6O2/c33-32(34,35)25-24-26(19-13-15-40(16-14-19)23-17-36-29(37-18-23)22-11-12-22)39-41(30(24)38-31(43)28(25)42)27(20-7-3-1-4-8-20)21-9-5-2-6-10-21/h1-10,17-19,22,25,27-28,42H,11-16H2,(H,38,43)/t25-,28-/m1/s1. The van der Waals surface area contributed by atoms with Gasteiger partial charge in [-0.05, 0) is 36.8 Å². The first-order chi connectivity index (χ1) is 20.8. The second kappa shape index (κ2) is 10.8. The third-order valence-electron chi connectivity index (χ3n) is 8.79. The molecule has 7 rings (SSSR count). The molecule has 2 aromatic heterocycles. The third-order valence-corrected chi connectivity index (χ3v) is 8.79. The highest BCUT2D eigenvalue weighted by molar-refractivity contribution is 5.97. The first-order valence-corrected chi connectivity index (χ1v) is 14.6. The number of piperidine rings is 1. The Hall–Kier alpha value is -4.25. The van der Waals surface area contributed by atoms with E-state index in [4.69, 9.17) is 5.10 Å². The van der Waals surface area contributed by atoms with Gasteiger partial charge in [0.1, 0.15) is 29.7 Å². The van der Waals surface area contributed by atoms with Crippen molar-refractivity contribution in [1.29, 1.82) is 0 Å². The highest BCUT2D eigenvalue weighted by Gasteiger charge is 2.55. The summed E-state index contributed by atoms with van der Waals surface area (Å²) in [5.74, 6) is -2.48. The van der Waals surface area contributed by atoms with Crippen molar-refractivity contribution >= 4 is 17.4 Å². The molecule has 0 radical (unpaired) electrons. The number of benzene rings is 2. The van der Waals surface area contributed by atoms with E-state index in [0.717, 1.165) is 35.5 Å². The van der Waals surface area contributed by atoms with Crippen molar-refractivity contribution in [3.8, 4) is 0 Å². The maximum absolute atomic E-state index is 14.6. The summed E-state index contributed by atoms with van der Waals surface area (Å²) in [6.45, 7) is 1.18. The van der Waals surface area contributed by atoms with Crippen LogP contribution >= 0.6 is 0 Å². The molecule has 11 heteroatoms. The largest absolute Gasteiger partial charge is 0.398 e. The van der Waals surface area contributed by atoms with Crippen molar-refractivity contribution in [3.63, 3.8) is 0 Å². The van der Waals surface area contributed by atoms with Gasteiger partial charge in [0.2, 0.25) is 0 Å². The highest BCUT2D eigenvalue weighted by atomic mass is 19.4. The van der Waals surface area contributed by atoms with E-state index in [2.05, 4.69) is 20.2 Å². The molecule has 8 nitrogen and oxygen atoms in total. The molecular weight excluding hydrogens is 557 g/mol. The summed E-state index contributed by atoms with van der Waals surface area (Å²) in [7, 11) is 0. The number of alkyl halides is 3. The van der Waals surface area contributed by atoms with Gasteiger partial charge in [0.05, 0.1) is 23.8 Å². The molecule has 2 fully saturated rings. The van der Waals surface area contributed by atoms with E-state index in [1.807, 2.05) is 73.1 Å². The fourth-order valence-corrected chi connectivity index (χ4v) is 6.43. The van der Waals surface area contributed by atoms with E-state index in [1.54, 1.807) is 0 Å². The predicted octanol–water partition coefficient (Wildman–Crippen LogP) is 5.53. The topological polar surface area (TPSA) is 96.2 Å². The van der Waals surface area contributed by atoms with Crippen LogP contribution in [0.25, 0.3) is 0 Å². The molecule has 2 aromatic carbocycles. The zero-order valence-corrected chi connectivity index (χ0v) is 23.3. The number of carbonyl (C=O) groups excluding carboxylic acids is 1. The van der Waals surface area contributed by atoms with E-state index in [9.17, 15) is 23.1 Å². The van der Waals surface area contributed by atoms with Crippen LogP contribution in [0.1, 0.15) is 77.7 Å². The van der Waals surface area contributed by atoms with Gasteiger partial charge in [-0.3, -0.25) is 4.79 Å². The smallest absolute Gasteiger partial charge is 0.382 e. The average Bonchev–Trinajstić information content (AvgIpc) is 3.81. The fourth-order valence-electron chi connectivity index (χ4n) is 6.43. The van der Waals surface area contributed by atoms with E-state index in [1.165, 1.54) is 4.68 Å². The number of rotatable bonds is 6. The second-order valence-corrected chi connectivity index (χ2v) is 11.6. The summed E-state index contributed by atoms with van der Waals surface area (Å²) in [5.41, 5.74) is 2.62.